The van der Waals surface area contributed by atoms with Gasteiger partial charge in [0.25, 0.3) is 0 Å². The predicted octanol–water partition coefficient (Wildman–Crippen LogP) is 3.67. The second-order valence-electron chi connectivity index (χ2n) is 6.98. The lowest BCUT2D eigenvalue weighted by atomic mass is 10.1. The van der Waals surface area contributed by atoms with Gasteiger partial charge in [0.15, 0.2) is 0 Å². The molecule has 0 aliphatic rings. The van der Waals surface area contributed by atoms with Crippen LogP contribution in [0.25, 0.3) is 0 Å². The normalized spacial score (nSPS) is 12.5. The molecule has 0 fully saturated rings. The van der Waals surface area contributed by atoms with Crippen molar-refractivity contribution >= 4 is 33.4 Å². The van der Waals surface area contributed by atoms with Gasteiger partial charge >= 0.3 is 0 Å². The van der Waals surface area contributed by atoms with Gasteiger partial charge in [-0.25, -0.2) is 8.42 Å². The Bertz CT molecular complexity index is 925. The lowest BCUT2D eigenvalue weighted by Crippen LogP contribution is -2.48. The Morgan fingerprint density at radius 3 is 2.29 bits per heavy atom. The van der Waals surface area contributed by atoms with Gasteiger partial charge in [-0.3, -0.25) is 9.10 Å². The lowest BCUT2D eigenvalue weighted by Gasteiger charge is -2.29. The molecule has 0 unspecified atom stereocenters. The van der Waals surface area contributed by atoms with E-state index < -0.39 is 16.1 Å². The topological polar surface area (TPSA) is 66.5 Å². The van der Waals surface area contributed by atoms with E-state index in [1.807, 2.05) is 32.9 Å². The number of nitrogens with one attached hydrogen (secondary N) is 1. The maximum Gasteiger partial charge on any atom is 0.243 e. The van der Waals surface area contributed by atoms with Crippen LogP contribution in [0.3, 0.4) is 0 Å². The first-order valence-electron chi connectivity index (χ1n) is 9.13. The molecule has 0 aliphatic carbocycles. The first-order chi connectivity index (χ1) is 13.1. The fourth-order valence-electron chi connectivity index (χ4n) is 2.86. The Hall–Kier alpha value is -1.99. The van der Waals surface area contributed by atoms with Crippen LogP contribution in [-0.4, -0.2) is 38.9 Å². The van der Waals surface area contributed by atoms with E-state index in [0.29, 0.717) is 18.0 Å². The fraction of sp³-hybridized carbons (Fsp3) is 0.381. The van der Waals surface area contributed by atoms with Crippen molar-refractivity contribution in [2.75, 3.05) is 22.9 Å². The van der Waals surface area contributed by atoms with Gasteiger partial charge in [0.05, 0.1) is 11.9 Å². The number of sulfonamides is 1. The molecule has 7 heteroatoms. The largest absolute Gasteiger partial charge is 0.353 e. The monoisotopic (exact) mass is 420 g/mol. The van der Waals surface area contributed by atoms with Crippen LogP contribution in [0.1, 0.15) is 23.6 Å². The molecule has 0 spiro atoms. The number of thioether (sulfide) groups is 1. The average molecular weight is 421 g/mol. The third-order valence-electron chi connectivity index (χ3n) is 4.38. The summed E-state index contributed by atoms with van der Waals surface area (Å²) in [4.78, 5) is 13.8. The number of carbonyl (C=O) groups excluding carboxylic acids is 1. The third kappa shape index (κ3) is 6.01. The highest BCUT2D eigenvalue weighted by Crippen LogP contribution is 2.26. The van der Waals surface area contributed by atoms with Gasteiger partial charge in [-0.2, -0.15) is 0 Å². The second-order valence-corrected chi connectivity index (χ2v) is 10.0. The van der Waals surface area contributed by atoms with E-state index in [-0.39, 0.29) is 5.91 Å². The summed E-state index contributed by atoms with van der Waals surface area (Å²) in [6.45, 7) is 7.86. The van der Waals surface area contributed by atoms with E-state index in [9.17, 15) is 13.2 Å². The fourth-order valence-corrected chi connectivity index (χ4v) is 4.86. The summed E-state index contributed by atoms with van der Waals surface area (Å²) >= 11 is 1.65. The van der Waals surface area contributed by atoms with E-state index >= 15 is 0 Å². The Balaban J connectivity index is 2.03. The molecule has 0 heterocycles. The Morgan fingerprint density at radius 2 is 1.68 bits per heavy atom. The molecule has 0 saturated heterocycles. The van der Waals surface area contributed by atoms with Crippen LogP contribution in [0.4, 0.5) is 5.69 Å². The van der Waals surface area contributed by atoms with E-state index in [1.165, 1.54) is 9.87 Å². The summed E-state index contributed by atoms with van der Waals surface area (Å²) in [5.74, 6) is 0.403. The Labute approximate surface area is 172 Å². The zero-order chi connectivity index (χ0) is 20.9. The first kappa shape index (κ1) is 22.3. The van der Waals surface area contributed by atoms with Crippen molar-refractivity contribution in [3.05, 3.63) is 59.2 Å². The zero-order valence-corrected chi connectivity index (χ0v) is 18.7. The molecule has 1 atom stereocenters. The van der Waals surface area contributed by atoms with E-state index in [0.717, 1.165) is 22.3 Å². The summed E-state index contributed by atoms with van der Waals surface area (Å²) in [6.07, 6.45) is 1.13. The van der Waals surface area contributed by atoms with E-state index in [4.69, 9.17) is 0 Å². The highest BCUT2D eigenvalue weighted by Gasteiger charge is 2.30. The molecule has 1 amide bonds. The standard InChI is InChI=1S/C21H28N2O3S2/c1-15-7-10-19(11-8-15)27-13-12-22-21(24)18(4)23(28(5,25)26)20-14-16(2)6-9-17(20)3/h6-11,14,18H,12-13H2,1-5H3,(H,22,24)/t18-/m0/s1. The summed E-state index contributed by atoms with van der Waals surface area (Å²) in [6, 6.07) is 13.0. The quantitative estimate of drug-likeness (QED) is 0.523. The molecule has 0 saturated carbocycles. The smallest absolute Gasteiger partial charge is 0.243 e. The summed E-state index contributed by atoms with van der Waals surface area (Å²) in [5, 5.41) is 2.85. The van der Waals surface area contributed by atoms with Gasteiger partial charge in [-0.15, -0.1) is 11.8 Å². The molecule has 0 bridgehead atoms. The molecule has 2 aromatic rings. The summed E-state index contributed by atoms with van der Waals surface area (Å²) < 4.78 is 26.1. The van der Waals surface area contributed by atoms with E-state index in [1.54, 1.807) is 24.8 Å². The molecule has 1 N–H and O–H groups in total. The van der Waals surface area contributed by atoms with Crippen molar-refractivity contribution in [1.29, 1.82) is 0 Å². The number of amides is 1. The number of nitrogens with zero attached hydrogens (tertiary/aromatic N) is 1. The van der Waals surface area contributed by atoms with Crippen LogP contribution in [0.2, 0.25) is 0 Å². The van der Waals surface area contributed by atoms with Crippen molar-refractivity contribution in [2.24, 2.45) is 0 Å². The van der Waals surface area contributed by atoms with Crippen molar-refractivity contribution in [2.45, 2.75) is 38.6 Å². The van der Waals surface area contributed by atoms with Crippen LogP contribution in [0.15, 0.2) is 47.4 Å². The number of hydrogen-bond acceptors (Lipinski definition) is 4. The highest BCUT2D eigenvalue weighted by atomic mass is 32.2. The van der Waals surface area contributed by atoms with Gasteiger partial charge < -0.3 is 5.32 Å². The molecular weight excluding hydrogens is 392 g/mol. The molecule has 28 heavy (non-hydrogen) atoms. The van der Waals surface area contributed by atoms with Gasteiger partial charge in [-0.1, -0.05) is 29.8 Å². The summed E-state index contributed by atoms with van der Waals surface area (Å²) in [7, 11) is -3.61. The van der Waals surface area contributed by atoms with Crippen LogP contribution >= 0.6 is 11.8 Å². The molecule has 5 nitrogen and oxygen atoms in total. The lowest BCUT2D eigenvalue weighted by molar-refractivity contribution is -0.121. The molecular formula is C21H28N2O3S2. The molecule has 2 aromatic carbocycles. The molecule has 0 radical (unpaired) electrons. The maximum atomic E-state index is 12.6. The number of aryl methyl sites for hydroxylation is 3. The van der Waals surface area contributed by atoms with Gasteiger partial charge in [-0.05, 0) is 57.0 Å². The zero-order valence-electron chi connectivity index (χ0n) is 17.0. The highest BCUT2D eigenvalue weighted by molar-refractivity contribution is 7.99. The minimum Gasteiger partial charge on any atom is -0.353 e. The maximum absolute atomic E-state index is 12.6. The van der Waals surface area contributed by atoms with Crippen LogP contribution in [-0.2, 0) is 14.8 Å². The number of anilines is 1. The van der Waals surface area contributed by atoms with Crippen molar-refractivity contribution in [3.8, 4) is 0 Å². The Morgan fingerprint density at radius 1 is 1.07 bits per heavy atom. The molecule has 2 rings (SSSR count). The minimum atomic E-state index is -3.61. The van der Waals surface area contributed by atoms with Gasteiger partial charge in [0.2, 0.25) is 15.9 Å². The van der Waals surface area contributed by atoms with E-state index in [2.05, 4.69) is 29.6 Å². The number of benzene rings is 2. The number of carbonyl (C=O) groups is 1. The number of rotatable bonds is 8. The van der Waals surface area contributed by atoms with Crippen molar-refractivity contribution < 1.29 is 13.2 Å². The third-order valence-corrected chi connectivity index (χ3v) is 6.62. The van der Waals surface area contributed by atoms with Crippen molar-refractivity contribution in [1.82, 2.24) is 5.32 Å². The van der Waals surface area contributed by atoms with Gasteiger partial charge in [0, 0.05) is 17.2 Å². The number of hydrogen-bond donors (Lipinski definition) is 1. The van der Waals surface area contributed by atoms with Crippen LogP contribution in [0.5, 0.6) is 0 Å². The van der Waals surface area contributed by atoms with Gasteiger partial charge in [0.1, 0.15) is 6.04 Å². The Kier molecular flexibility index (Phi) is 7.55. The van der Waals surface area contributed by atoms with Crippen molar-refractivity contribution in [3.63, 3.8) is 0 Å². The van der Waals surface area contributed by atoms with Crippen LogP contribution in [0, 0.1) is 20.8 Å². The molecule has 0 aliphatic heterocycles. The molecule has 152 valence electrons. The minimum absolute atomic E-state index is 0.309. The van der Waals surface area contributed by atoms with Crippen LogP contribution < -0.4 is 9.62 Å². The first-order valence-corrected chi connectivity index (χ1v) is 12.0. The second kappa shape index (κ2) is 9.47. The SMILES string of the molecule is Cc1ccc(SCCNC(=O)[C@H](C)N(c2cc(C)ccc2C)S(C)(=O)=O)cc1. The average Bonchev–Trinajstić information content (AvgIpc) is 2.62. The summed E-state index contributed by atoms with van der Waals surface area (Å²) in [5.41, 5.74) is 3.50. The molecule has 0 aromatic heterocycles. The predicted molar refractivity (Wildman–Crippen MR) is 118 cm³/mol.